The molecule has 0 aliphatic carbocycles. The third-order valence-electron chi connectivity index (χ3n) is 6.70. The van der Waals surface area contributed by atoms with Crippen molar-refractivity contribution in [1.82, 2.24) is 9.55 Å². The number of benzene rings is 3. The Kier molecular flexibility index (Phi) is 11.9. The Balaban J connectivity index is 0.00000529. The molecule has 0 unspecified atom stereocenters. The average molecular weight is 642 g/mol. The molecule has 13 heteroatoms. The van der Waals surface area contributed by atoms with Gasteiger partial charge in [-0.3, -0.25) is 19.3 Å². The number of nitrogens with two attached hydrogens (primary N) is 1. The van der Waals surface area contributed by atoms with E-state index in [1.807, 2.05) is 12.1 Å². The first-order chi connectivity index (χ1) is 20.6. The average Bonchev–Trinajstić information content (AvgIpc) is 3.31. The number of nitrogens with one attached hydrogen (secondary N) is 1. The molecule has 0 amide bonds. The van der Waals surface area contributed by atoms with Crippen LogP contribution in [0.1, 0.15) is 43.6 Å². The van der Waals surface area contributed by atoms with Crippen LogP contribution in [0.25, 0.3) is 11.0 Å². The number of amidine groups is 1. The lowest BCUT2D eigenvalue weighted by Gasteiger charge is -2.24. The molecule has 0 saturated heterocycles. The summed E-state index contributed by atoms with van der Waals surface area (Å²) in [6.45, 7) is 3.90. The van der Waals surface area contributed by atoms with Crippen molar-refractivity contribution in [1.29, 1.82) is 5.41 Å². The second-order valence-corrected chi connectivity index (χ2v) is 11.5. The number of esters is 2. The van der Waals surface area contributed by atoms with Crippen LogP contribution in [0, 0.1) is 5.41 Å². The fourth-order valence-corrected chi connectivity index (χ4v) is 6.18. The lowest BCUT2D eigenvalue weighted by molar-refractivity contribution is -0.144. The number of nitrogen functional groups attached to an aromatic ring is 1. The molecule has 0 radical (unpaired) electrons. The van der Waals surface area contributed by atoms with Crippen molar-refractivity contribution in [2.24, 2.45) is 5.73 Å². The van der Waals surface area contributed by atoms with Crippen molar-refractivity contribution in [3.63, 3.8) is 0 Å². The number of halogens is 1. The van der Waals surface area contributed by atoms with Gasteiger partial charge in [-0.15, -0.1) is 12.4 Å². The van der Waals surface area contributed by atoms with E-state index in [4.69, 9.17) is 25.6 Å². The molecule has 0 aliphatic rings. The van der Waals surface area contributed by atoms with Crippen LogP contribution in [-0.4, -0.2) is 55.5 Å². The molecule has 0 aliphatic heterocycles. The highest BCUT2D eigenvalue weighted by atomic mass is 35.5. The highest BCUT2D eigenvalue weighted by molar-refractivity contribution is 7.92. The number of rotatable bonds is 14. The van der Waals surface area contributed by atoms with Gasteiger partial charge in [0.2, 0.25) is 0 Å². The van der Waals surface area contributed by atoms with Crippen molar-refractivity contribution in [2.75, 3.05) is 24.1 Å². The summed E-state index contributed by atoms with van der Waals surface area (Å²) in [6, 6.07) is 20.3. The third-order valence-corrected chi connectivity index (χ3v) is 8.54. The number of ether oxygens (including phenoxy) is 2. The summed E-state index contributed by atoms with van der Waals surface area (Å²) in [5.74, 6) is -0.276. The van der Waals surface area contributed by atoms with Gasteiger partial charge in [0.25, 0.3) is 10.0 Å². The summed E-state index contributed by atoms with van der Waals surface area (Å²) in [5, 5.41) is 7.63. The molecule has 234 valence electrons. The van der Waals surface area contributed by atoms with Crippen molar-refractivity contribution in [3.05, 3.63) is 89.7 Å². The molecule has 44 heavy (non-hydrogen) atoms. The van der Waals surface area contributed by atoms with Crippen LogP contribution in [-0.2, 0) is 42.1 Å². The highest BCUT2D eigenvalue weighted by Gasteiger charge is 2.26. The van der Waals surface area contributed by atoms with Crippen LogP contribution < -0.4 is 10.0 Å². The Bertz CT molecular complexity index is 1710. The fourth-order valence-electron chi connectivity index (χ4n) is 4.66. The monoisotopic (exact) mass is 641 g/mol. The number of imidazole rings is 1. The molecule has 0 saturated carbocycles. The Morgan fingerprint density at radius 1 is 0.955 bits per heavy atom. The number of fused-ring (bicyclic) bond motifs is 1. The summed E-state index contributed by atoms with van der Waals surface area (Å²) >= 11 is 0. The van der Waals surface area contributed by atoms with Crippen LogP contribution in [0.4, 0.5) is 5.69 Å². The van der Waals surface area contributed by atoms with E-state index in [1.54, 1.807) is 66.9 Å². The minimum atomic E-state index is -3.98. The number of aromatic nitrogens is 2. The van der Waals surface area contributed by atoms with Gasteiger partial charge in [0.1, 0.15) is 18.2 Å². The smallest absolute Gasteiger partial charge is 0.326 e. The highest BCUT2D eigenvalue weighted by Crippen LogP contribution is 2.29. The molecule has 1 aromatic heterocycles. The largest absolute Gasteiger partial charge is 0.466 e. The summed E-state index contributed by atoms with van der Waals surface area (Å²) in [6.07, 6.45) is 0.687. The molecular weight excluding hydrogens is 606 g/mol. The Morgan fingerprint density at radius 2 is 1.61 bits per heavy atom. The maximum atomic E-state index is 13.8. The van der Waals surface area contributed by atoms with Crippen LogP contribution in [0.15, 0.2) is 77.7 Å². The second-order valence-electron chi connectivity index (χ2n) is 9.68. The van der Waals surface area contributed by atoms with E-state index in [0.29, 0.717) is 34.5 Å². The number of hydrogen-bond donors (Lipinski definition) is 2. The summed E-state index contributed by atoms with van der Waals surface area (Å²) in [5.41, 5.74) is 8.57. The van der Waals surface area contributed by atoms with Gasteiger partial charge < -0.3 is 19.8 Å². The number of hydrogen-bond acceptors (Lipinski definition) is 8. The molecule has 3 aromatic carbocycles. The van der Waals surface area contributed by atoms with Gasteiger partial charge in [-0.25, -0.2) is 13.4 Å². The number of sulfonamides is 1. The minimum absolute atomic E-state index is 0. The molecule has 3 N–H and O–H groups in total. The number of nitrogens with zero attached hydrogens (tertiary/aromatic N) is 3. The molecule has 4 rings (SSSR count). The summed E-state index contributed by atoms with van der Waals surface area (Å²) < 4.78 is 40.8. The molecule has 11 nitrogen and oxygen atoms in total. The first-order valence-corrected chi connectivity index (χ1v) is 15.4. The van der Waals surface area contributed by atoms with E-state index >= 15 is 0 Å². The predicted molar refractivity (Wildman–Crippen MR) is 171 cm³/mol. The zero-order valence-electron chi connectivity index (χ0n) is 24.6. The van der Waals surface area contributed by atoms with Crippen LogP contribution in [0.2, 0.25) is 0 Å². The molecule has 4 aromatic rings. The number of anilines is 1. The maximum absolute atomic E-state index is 13.8. The van der Waals surface area contributed by atoms with E-state index in [1.165, 1.54) is 16.4 Å². The normalized spacial score (nSPS) is 11.0. The van der Waals surface area contributed by atoms with Gasteiger partial charge in [0.15, 0.2) is 0 Å². The molecule has 1 heterocycles. The Labute approximate surface area is 262 Å². The summed E-state index contributed by atoms with van der Waals surface area (Å²) in [4.78, 5) is 29.4. The van der Waals surface area contributed by atoms with E-state index in [9.17, 15) is 18.0 Å². The minimum Gasteiger partial charge on any atom is -0.466 e. The van der Waals surface area contributed by atoms with Crippen LogP contribution in [0.3, 0.4) is 0 Å². The quantitative estimate of drug-likeness (QED) is 0.116. The van der Waals surface area contributed by atoms with Crippen molar-refractivity contribution >= 4 is 56.9 Å². The van der Waals surface area contributed by atoms with Crippen molar-refractivity contribution < 1.29 is 27.5 Å². The molecule has 0 atom stereocenters. The van der Waals surface area contributed by atoms with Crippen molar-refractivity contribution in [3.8, 4) is 0 Å². The zero-order chi connectivity index (χ0) is 31.0. The van der Waals surface area contributed by atoms with Crippen LogP contribution >= 0.6 is 12.4 Å². The first-order valence-electron chi connectivity index (χ1n) is 14.0. The van der Waals surface area contributed by atoms with E-state index in [2.05, 4.69) is 0 Å². The van der Waals surface area contributed by atoms with Gasteiger partial charge in [-0.2, -0.15) is 0 Å². The molecule has 0 fully saturated rings. The first kappa shape index (κ1) is 34.1. The predicted octanol–water partition coefficient (Wildman–Crippen LogP) is 4.43. The van der Waals surface area contributed by atoms with Crippen molar-refractivity contribution in [2.45, 2.75) is 44.6 Å². The lowest BCUT2D eigenvalue weighted by Crippen LogP contribution is -2.32. The topological polar surface area (TPSA) is 158 Å². The van der Waals surface area contributed by atoms with Gasteiger partial charge >= 0.3 is 11.9 Å². The van der Waals surface area contributed by atoms with Gasteiger partial charge in [-0.1, -0.05) is 42.5 Å². The maximum Gasteiger partial charge on any atom is 0.326 e. The van der Waals surface area contributed by atoms with Gasteiger partial charge in [0, 0.05) is 24.9 Å². The second kappa shape index (κ2) is 15.3. The fraction of sp³-hybridized carbons (Fsp3) is 0.290. The van der Waals surface area contributed by atoms with E-state index in [-0.39, 0.29) is 62.3 Å². The summed E-state index contributed by atoms with van der Waals surface area (Å²) in [7, 11) is -3.98. The zero-order valence-corrected chi connectivity index (χ0v) is 26.2. The Hall–Kier alpha value is -4.42. The van der Waals surface area contributed by atoms with E-state index < -0.39 is 22.0 Å². The number of carbonyl (C=O) groups is 2. The van der Waals surface area contributed by atoms with Gasteiger partial charge in [0.05, 0.1) is 34.8 Å². The SMILES string of the molecule is CCOC(=O)CCCN(c1ccc2c(c1)nc(Cc1ccc(C(=N)N)cc1)n2CC(=O)OCC)S(=O)(=O)c1ccccc1.Cl. The standard InChI is InChI=1S/C31H35N5O6S.ClH/c1-3-41-29(37)11-8-18-36(43(39,40)25-9-6-5-7-10-25)24-16-17-27-26(20-24)34-28(35(27)21-30(38)42-4-2)19-22-12-14-23(15-13-22)31(32)33;/h5-7,9-10,12-17,20H,3-4,8,11,18-19,21H2,1-2H3,(H3,32,33);1H. The number of carbonyl (C=O) groups excluding carboxylic acids is 2. The van der Waals surface area contributed by atoms with E-state index in [0.717, 1.165) is 5.56 Å². The van der Waals surface area contributed by atoms with Gasteiger partial charge in [-0.05, 0) is 56.2 Å². The molecule has 0 spiro atoms. The third kappa shape index (κ3) is 8.14. The molecular formula is C31H36ClN5O6S. The lowest BCUT2D eigenvalue weighted by atomic mass is 10.1. The molecule has 0 bridgehead atoms. The Morgan fingerprint density at radius 3 is 2.25 bits per heavy atom. The van der Waals surface area contributed by atoms with Crippen LogP contribution in [0.5, 0.6) is 0 Å².